The summed E-state index contributed by atoms with van der Waals surface area (Å²) in [6.07, 6.45) is 0. The normalized spacial score (nSPS) is 13.7. The molecule has 0 spiro atoms. The highest BCUT2D eigenvalue weighted by molar-refractivity contribution is 8.05. The molecule has 5 heterocycles. The quantitative estimate of drug-likeness (QED) is 0.161. The van der Waals surface area contributed by atoms with Gasteiger partial charge in [-0.05, 0) is 81.5 Å². The number of hydrogen-bond acceptors (Lipinski definition) is 4. The van der Waals surface area contributed by atoms with Crippen LogP contribution in [0.25, 0.3) is 80.7 Å². The van der Waals surface area contributed by atoms with Crippen LogP contribution >= 0.6 is 34.9 Å². The van der Waals surface area contributed by atoms with Crippen LogP contribution in [0, 0.1) is 0 Å². The number of anilines is 2. The zero-order chi connectivity index (χ0) is 37.6. The average molecular weight is 789 g/mol. The van der Waals surface area contributed by atoms with Gasteiger partial charge in [-0.2, -0.15) is 0 Å². The molecule has 0 aliphatic carbocycles. The van der Waals surface area contributed by atoms with Crippen LogP contribution in [0.3, 0.4) is 0 Å². The molecule has 0 bridgehead atoms. The molecule has 6 heteroatoms. The fourth-order valence-electron chi connectivity index (χ4n) is 10.2. The Kier molecular flexibility index (Phi) is 6.43. The zero-order valence-electron chi connectivity index (χ0n) is 30.9. The molecule has 11 aromatic rings. The molecule has 58 heavy (non-hydrogen) atoms. The first-order valence-corrected chi connectivity index (χ1v) is 22.2. The Labute approximate surface area is 347 Å². The monoisotopic (exact) mass is 788 g/mol. The summed E-state index contributed by atoms with van der Waals surface area (Å²) in [4.78, 5) is 8.00. The maximum Gasteiger partial charge on any atom is 0.333 e. The Balaban J connectivity index is 1.17. The van der Waals surface area contributed by atoms with Crippen LogP contribution in [0.15, 0.2) is 196 Å². The molecule has 9 aromatic carbocycles. The summed E-state index contributed by atoms with van der Waals surface area (Å²) < 4.78 is 5.28. The molecule has 2 aromatic heterocycles. The number of para-hydroxylation sites is 1. The molecule has 0 amide bonds. The Bertz CT molecular complexity index is 3600. The number of hydrogen-bond donors (Lipinski definition) is 0. The van der Waals surface area contributed by atoms with Crippen molar-refractivity contribution < 1.29 is 0 Å². The number of nitrogens with zero attached hydrogens (tertiary/aromatic N) is 2. The second-order valence-electron chi connectivity index (χ2n) is 15.6. The van der Waals surface area contributed by atoms with Gasteiger partial charge in [-0.1, -0.05) is 151 Å². The molecular weight excluding hydrogens is 760 g/mol. The van der Waals surface area contributed by atoms with Gasteiger partial charge in [0.05, 0.1) is 15.7 Å². The minimum absolute atomic E-state index is 0.0588. The molecule has 268 valence electrons. The molecular formula is C52H29BN2S3. The van der Waals surface area contributed by atoms with Gasteiger partial charge in [-0.25, -0.2) is 0 Å². The van der Waals surface area contributed by atoms with Gasteiger partial charge in [0.15, 0.2) is 0 Å². The molecule has 2 nitrogen and oxygen atoms in total. The summed E-state index contributed by atoms with van der Waals surface area (Å²) in [5.74, 6) is 0. The lowest BCUT2D eigenvalue weighted by atomic mass is 9.44. The Morgan fingerprint density at radius 3 is 2.00 bits per heavy atom. The van der Waals surface area contributed by atoms with Crippen LogP contribution in [0.2, 0.25) is 0 Å². The van der Waals surface area contributed by atoms with E-state index in [-0.39, 0.29) is 6.85 Å². The summed E-state index contributed by atoms with van der Waals surface area (Å²) >= 11 is 5.73. The molecule has 14 rings (SSSR count). The Morgan fingerprint density at radius 1 is 0.414 bits per heavy atom. The van der Waals surface area contributed by atoms with Gasteiger partial charge >= 0.3 is 6.85 Å². The number of rotatable bonds is 2. The third-order valence-electron chi connectivity index (χ3n) is 12.6. The molecule has 3 aliphatic rings. The number of benzene rings is 9. The molecule has 0 fully saturated rings. The van der Waals surface area contributed by atoms with E-state index >= 15 is 0 Å². The third kappa shape index (κ3) is 4.22. The highest BCUT2D eigenvalue weighted by Gasteiger charge is 2.45. The fraction of sp³-hybridized carbons (Fsp3) is 0. The van der Waals surface area contributed by atoms with Gasteiger partial charge in [-0.3, -0.25) is 0 Å². The molecule has 0 unspecified atom stereocenters. The predicted octanol–water partition coefficient (Wildman–Crippen LogP) is 13.8. The number of thiophene rings is 1. The van der Waals surface area contributed by atoms with Crippen molar-refractivity contribution in [2.75, 3.05) is 4.81 Å². The number of aromatic nitrogens is 1. The third-order valence-corrected chi connectivity index (χ3v) is 16.3. The summed E-state index contributed by atoms with van der Waals surface area (Å²) in [6.45, 7) is -0.0588. The summed E-state index contributed by atoms with van der Waals surface area (Å²) in [7, 11) is 0. The van der Waals surface area contributed by atoms with E-state index in [4.69, 9.17) is 0 Å². The minimum Gasteiger partial charge on any atom is -0.375 e. The van der Waals surface area contributed by atoms with Gasteiger partial charge in [0, 0.05) is 73.8 Å². The van der Waals surface area contributed by atoms with Crippen molar-refractivity contribution in [1.29, 1.82) is 0 Å². The first kappa shape index (κ1) is 31.9. The number of fused-ring (bicyclic) bond motifs is 14. The van der Waals surface area contributed by atoms with Gasteiger partial charge in [0.25, 0.3) is 0 Å². The van der Waals surface area contributed by atoms with Crippen LogP contribution in [0.4, 0.5) is 11.4 Å². The van der Waals surface area contributed by atoms with E-state index in [1.807, 2.05) is 34.9 Å². The molecule has 0 radical (unpaired) electrons. The minimum atomic E-state index is -0.0588. The van der Waals surface area contributed by atoms with E-state index in [1.165, 1.54) is 123 Å². The van der Waals surface area contributed by atoms with Crippen molar-refractivity contribution in [1.82, 2.24) is 4.57 Å². The van der Waals surface area contributed by atoms with Crippen molar-refractivity contribution in [3.8, 4) is 27.9 Å². The molecule has 3 aliphatic heterocycles. The average Bonchev–Trinajstić information content (AvgIpc) is 3.84. The zero-order valence-corrected chi connectivity index (χ0v) is 33.4. The second-order valence-corrected chi connectivity index (χ2v) is 18.8. The van der Waals surface area contributed by atoms with Crippen molar-refractivity contribution in [2.24, 2.45) is 0 Å². The molecule has 0 saturated heterocycles. The lowest BCUT2D eigenvalue weighted by Crippen LogP contribution is -2.60. The molecule has 0 N–H and O–H groups in total. The molecule has 0 saturated carbocycles. The van der Waals surface area contributed by atoms with Gasteiger partial charge in [0.2, 0.25) is 0 Å². The van der Waals surface area contributed by atoms with Gasteiger partial charge < -0.3 is 9.38 Å². The van der Waals surface area contributed by atoms with Crippen molar-refractivity contribution >= 4 is 117 Å². The van der Waals surface area contributed by atoms with Crippen LogP contribution in [-0.2, 0) is 0 Å². The Hall–Kier alpha value is -6.18. The Morgan fingerprint density at radius 2 is 1.12 bits per heavy atom. The van der Waals surface area contributed by atoms with Crippen molar-refractivity contribution in [3.63, 3.8) is 0 Å². The summed E-state index contributed by atoms with van der Waals surface area (Å²) in [6, 6.07) is 66.3. The summed E-state index contributed by atoms with van der Waals surface area (Å²) in [5, 5.41) is 7.78. The first-order chi connectivity index (χ1) is 28.8. The lowest BCUT2D eigenvalue weighted by Gasteiger charge is -2.43. The lowest BCUT2D eigenvalue weighted by molar-refractivity contribution is 1.15. The van der Waals surface area contributed by atoms with Gasteiger partial charge in [-0.15, -0.1) is 11.3 Å². The maximum atomic E-state index is 2.72. The van der Waals surface area contributed by atoms with E-state index in [0.29, 0.717) is 0 Å². The van der Waals surface area contributed by atoms with Crippen LogP contribution in [-0.4, -0.2) is 11.4 Å². The van der Waals surface area contributed by atoms with Crippen LogP contribution in [0.5, 0.6) is 0 Å². The van der Waals surface area contributed by atoms with E-state index in [2.05, 4.69) is 185 Å². The maximum absolute atomic E-state index is 2.72. The van der Waals surface area contributed by atoms with E-state index in [9.17, 15) is 0 Å². The second kappa shape index (κ2) is 11.7. The van der Waals surface area contributed by atoms with Crippen LogP contribution in [0.1, 0.15) is 0 Å². The van der Waals surface area contributed by atoms with E-state index in [1.54, 1.807) is 0 Å². The van der Waals surface area contributed by atoms with Crippen molar-refractivity contribution in [3.05, 3.63) is 176 Å². The highest BCUT2D eigenvalue weighted by atomic mass is 32.2. The predicted molar refractivity (Wildman–Crippen MR) is 250 cm³/mol. The topological polar surface area (TPSA) is 8.17 Å². The fourth-order valence-corrected chi connectivity index (χ4v) is 13.7. The standard InChI is InChI=1S/C52H29BN2S3/c1-2-12-30(13-3-1)32-26-39-38-28-47-48(57-46-23-9-8-22-45(46)56-47)29-42(38)55(41-20-11-18-37-34-16-6-7-21-44(34)58-52(37)41)53-40-19-10-17-35-36-25-24-31-14-4-5-15-33(31)50(36)54(51(35)40)43(27-32)49(39)53/h1-29H. The largest absolute Gasteiger partial charge is 0.375 e. The smallest absolute Gasteiger partial charge is 0.333 e. The van der Waals surface area contributed by atoms with Gasteiger partial charge in [0.1, 0.15) is 0 Å². The van der Waals surface area contributed by atoms with E-state index < -0.39 is 0 Å². The van der Waals surface area contributed by atoms with Crippen LogP contribution < -0.4 is 15.7 Å². The molecule has 0 atom stereocenters. The summed E-state index contributed by atoms with van der Waals surface area (Å²) in [5.41, 5.74) is 14.1. The highest BCUT2D eigenvalue weighted by Crippen LogP contribution is 2.55. The first-order valence-electron chi connectivity index (χ1n) is 19.8. The SMILES string of the molecule is c1ccc(-c2cc3c4c(c2)-n2c5c(cccc5c5ccc6ccccc6c52)B4N(c2cccc4c2sc2ccccc24)c2cc4c(cc2-3)Sc2ccccc2S4)cc1. The van der Waals surface area contributed by atoms with Crippen molar-refractivity contribution in [2.45, 2.75) is 19.6 Å². The van der Waals surface area contributed by atoms with E-state index in [0.717, 1.165) is 0 Å².